The van der Waals surface area contributed by atoms with Gasteiger partial charge in [-0.15, -0.1) is 0 Å². The Morgan fingerprint density at radius 3 is 2.36 bits per heavy atom. The standard InChI is InChI=1S/C15H18N2O5/c1-18-11-6-10(7-12(19-2)13(11)20-3)15-16-14(17-22-15)9-4-5-21-8-9/h6-7,9H,4-5,8H2,1-3H3/t9-/m0/s1. The Balaban J connectivity index is 1.97. The third-order valence-corrected chi connectivity index (χ3v) is 3.65. The Labute approximate surface area is 128 Å². The van der Waals surface area contributed by atoms with Crippen LogP contribution in [0.25, 0.3) is 11.5 Å². The largest absolute Gasteiger partial charge is 0.493 e. The fourth-order valence-corrected chi connectivity index (χ4v) is 2.46. The lowest BCUT2D eigenvalue weighted by Gasteiger charge is -2.12. The molecule has 0 N–H and O–H groups in total. The average molecular weight is 306 g/mol. The number of benzene rings is 1. The van der Waals surface area contributed by atoms with Crippen LogP contribution in [-0.4, -0.2) is 44.7 Å². The van der Waals surface area contributed by atoms with Gasteiger partial charge in [-0.25, -0.2) is 0 Å². The summed E-state index contributed by atoms with van der Waals surface area (Å²) < 4.78 is 26.7. The van der Waals surface area contributed by atoms with Crippen molar-refractivity contribution in [3.8, 4) is 28.7 Å². The first-order valence-electron chi connectivity index (χ1n) is 6.98. The topological polar surface area (TPSA) is 75.8 Å². The fraction of sp³-hybridized carbons (Fsp3) is 0.467. The van der Waals surface area contributed by atoms with Crippen LogP contribution in [0.1, 0.15) is 18.2 Å². The van der Waals surface area contributed by atoms with Gasteiger partial charge in [-0.2, -0.15) is 4.98 Å². The van der Waals surface area contributed by atoms with Gasteiger partial charge in [0.05, 0.1) is 27.9 Å². The summed E-state index contributed by atoms with van der Waals surface area (Å²) in [6.07, 6.45) is 0.911. The average Bonchev–Trinajstić information content (AvgIpc) is 3.23. The van der Waals surface area contributed by atoms with E-state index in [2.05, 4.69) is 10.1 Å². The lowest BCUT2D eigenvalue weighted by Crippen LogP contribution is -1.99. The van der Waals surface area contributed by atoms with Crippen LogP contribution >= 0.6 is 0 Å². The Bertz CT molecular complexity index is 624. The van der Waals surface area contributed by atoms with Gasteiger partial charge in [0.2, 0.25) is 5.75 Å². The molecule has 1 saturated heterocycles. The summed E-state index contributed by atoms with van der Waals surface area (Å²) in [5, 5.41) is 4.05. The predicted molar refractivity (Wildman–Crippen MR) is 77.6 cm³/mol. The molecule has 2 heterocycles. The third kappa shape index (κ3) is 2.59. The highest BCUT2D eigenvalue weighted by atomic mass is 16.5. The Kier molecular flexibility index (Phi) is 4.15. The van der Waals surface area contributed by atoms with Gasteiger partial charge < -0.3 is 23.5 Å². The second-order valence-electron chi connectivity index (χ2n) is 4.93. The molecule has 0 radical (unpaired) electrons. The van der Waals surface area contributed by atoms with Gasteiger partial charge in [-0.05, 0) is 18.6 Å². The van der Waals surface area contributed by atoms with E-state index in [1.165, 1.54) is 0 Å². The molecule has 0 spiro atoms. The SMILES string of the molecule is COc1cc(-c2nc([C@H]3CCOC3)no2)cc(OC)c1OC. The van der Waals surface area contributed by atoms with E-state index >= 15 is 0 Å². The Hall–Kier alpha value is -2.28. The number of ether oxygens (including phenoxy) is 4. The zero-order chi connectivity index (χ0) is 15.5. The molecule has 0 amide bonds. The Morgan fingerprint density at radius 1 is 1.09 bits per heavy atom. The van der Waals surface area contributed by atoms with Gasteiger partial charge in [0, 0.05) is 18.1 Å². The first kappa shape index (κ1) is 14.6. The highest BCUT2D eigenvalue weighted by Gasteiger charge is 2.24. The first-order chi connectivity index (χ1) is 10.8. The van der Waals surface area contributed by atoms with Gasteiger partial charge >= 0.3 is 0 Å². The van der Waals surface area contributed by atoms with Crippen molar-refractivity contribution in [2.75, 3.05) is 34.5 Å². The van der Waals surface area contributed by atoms with E-state index in [-0.39, 0.29) is 5.92 Å². The molecule has 0 unspecified atom stereocenters. The summed E-state index contributed by atoms with van der Waals surface area (Å²) in [4.78, 5) is 4.46. The quantitative estimate of drug-likeness (QED) is 0.838. The van der Waals surface area contributed by atoms with Crippen LogP contribution in [0.15, 0.2) is 16.7 Å². The monoisotopic (exact) mass is 306 g/mol. The number of nitrogens with zero attached hydrogens (tertiary/aromatic N) is 2. The number of methoxy groups -OCH3 is 3. The van der Waals surface area contributed by atoms with Crippen LogP contribution < -0.4 is 14.2 Å². The van der Waals surface area contributed by atoms with E-state index < -0.39 is 0 Å². The van der Waals surface area contributed by atoms with Crippen LogP contribution in [0.5, 0.6) is 17.2 Å². The van der Waals surface area contributed by atoms with Crippen molar-refractivity contribution in [2.24, 2.45) is 0 Å². The molecule has 3 rings (SSSR count). The molecular weight excluding hydrogens is 288 g/mol. The maximum atomic E-state index is 5.37. The fourth-order valence-electron chi connectivity index (χ4n) is 2.46. The van der Waals surface area contributed by atoms with Crippen molar-refractivity contribution in [1.82, 2.24) is 10.1 Å². The van der Waals surface area contributed by atoms with Crippen molar-refractivity contribution in [3.63, 3.8) is 0 Å². The normalized spacial score (nSPS) is 17.5. The van der Waals surface area contributed by atoms with E-state index in [4.69, 9.17) is 23.5 Å². The zero-order valence-corrected chi connectivity index (χ0v) is 12.8. The summed E-state index contributed by atoms with van der Waals surface area (Å²) in [5.74, 6) is 2.89. The zero-order valence-electron chi connectivity index (χ0n) is 12.8. The summed E-state index contributed by atoms with van der Waals surface area (Å²) in [7, 11) is 4.69. The van der Waals surface area contributed by atoms with Gasteiger partial charge in [-0.1, -0.05) is 5.16 Å². The van der Waals surface area contributed by atoms with Crippen LogP contribution in [0, 0.1) is 0 Å². The van der Waals surface area contributed by atoms with Crippen molar-refractivity contribution in [1.29, 1.82) is 0 Å². The van der Waals surface area contributed by atoms with Crippen molar-refractivity contribution >= 4 is 0 Å². The van der Waals surface area contributed by atoms with Crippen LogP contribution in [0.4, 0.5) is 0 Å². The van der Waals surface area contributed by atoms with Crippen LogP contribution in [0.3, 0.4) is 0 Å². The lowest BCUT2D eigenvalue weighted by atomic mass is 10.1. The van der Waals surface area contributed by atoms with Crippen LogP contribution in [-0.2, 0) is 4.74 Å². The summed E-state index contributed by atoms with van der Waals surface area (Å²) >= 11 is 0. The highest BCUT2D eigenvalue weighted by Crippen LogP contribution is 2.41. The molecule has 118 valence electrons. The number of rotatable bonds is 5. The van der Waals surface area contributed by atoms with Gasteiger partial charge in [0.15, 0.2) is 17.3 Å². The second-order valence-corrected chi connectivity index (χ2v) is 4.93. The minimum Gasteiger partial charge on any atom is -0.493 e. The molecule has 2 aromatic rings. The molecule has 1 fully saturated rings. The molecule has 1 aromatic carbocycles. The molecule has 1 atom stereocenters. The van der Waals surface area contributed by atoms with E-state index in [1.807, 2.05) is 0 Å². The molecular formula is C15H18N2O5. The molecule has 1 aliphatic rings. The smallest absolute Gasteiger partial charge is 0.258 e. The van der Waals surface area contributed by atoms with Crippen LogP contribution in [0.2, 0.25) is 0 Å². The lowest BCUT2D eigenvalue weighted by molar-refractivity contribution is 0.192. The summed E-state index contributed by atoms with van der Waals surface area (Å²) in [6.45, 7) is 1.37. The minimum absolute atomic E-state index is 0.194. The predicted octanol–water partition coefficient (Wildman–Crippen LogP) is 2.27. The summed E-state index contributed by atoms with van der Waals surface area (Å²) in [5.41, 5.74) is 0.715. The van der Waals surface area contributed by atoms with Gasteiger partial charge in [0.1, 0.15) is 0 Å². The van der Waals surface area contributed by atoms with E-state index in [0.717, 1.165) is 13.0 Å². The highest BCUT2D eigenvalue weighted by molar-refractivity contribution is 5.65. The summed E-state index contributed by atoms with van der Waals surface area (Å²) in [6, 6.07) is 3.56. The van der Waals surface area contributed by atoms with Gasteiger partial charge in [-0.3, -0.25) is 0 Å². The number of aromatic nitrogens is 2. The molecule has 0 aliphatic carbocycles. The van der Waals surface area contributed by atoms with Gasteiger partial charge in [0.25, 0.3) is 5.89 Å². The third-order valence-electron chi connectivity index (χ3n) is 3.65. The molecule has 7 heteroatoms. The molecule has 0 bridgehead atoms. The minimum atomic E-state index is 0.194. The second kappa shape index (κ2) is 6.23. The van der Waals surface area contributed by atoms with E-state index in [9.17, 15) is 0 Å². The number of hydrogen-bond acceptors (Lipinski definition) is 7. The molecule has 22 heavy (non-hydrogen) atoms. The maximum absolute atomic E-state index is 5.37. The van der Waals surface area contributed by atoms with E-state index in [1.54, 1.807) is 33.5 Å². The molecule has 1 aliphatic heterocycles. The Morgan fingerprint density at radius 2 is 1.82 bits per heavy atom. The molecule has 1 aromatic heterocycles. The maximum Gasteiger partial charge on any atom is 0.258 e. The molecule has 0 saturated carbocycles. The first-order valence-corrected chi connectivity index (χ1v) is 6.98. The van der Waals surface area contributed by atoms with Crippen molar-refractivity contribution in [2.45, 2.75) is 12.3 Å². The van der Waals surface area contributed by atoms with Crippen molar-refractivity contribution in [3.05, 3.63) is 18.0 Å². The van der Waals surface area contributed by atoms with E-state index in [0.29, 0.717) is 41.1 Å². The molecule has 7 nitrogen and oxygen atoms in total. The van der Waals surface area contributed by atoms with Crippen molar-refractivity contribution < 1.29 is 23.5 Å². The number of hydrogen-bond donors (Lipinski definition) is 0.